The molecule has 0 bridgehead atoms. The van der Waals surface area contributed by atoms with E-state index in [-0.39, 0.29) is 22.3 Å². The third-order valence-corrected chi connectivity index (χ3v) is 3.67. The molecule has 5 N–H and O–H groups in total. The lowest BCUT2D eigenvalue weighted by Crippen LogP contribution is -2.41. The second-order valence-corrected chi connectivity index (χ2v) is 5.85. The van der Waals surface area contributed by atoms with Gasteiger partial charge in [0.2, 0.25) is 0 Å². The number of nitrogens with two attached hydrogens (primary N) is 2. The van der Waals surface area contributed by atoms with Crippen LogP contribution in [-0.2, 0) is 12.7 Å². The lowest BCUT2D eigenvalue weighted by molar-refractivity contribution is -0.138. The maximum Gasteiger partial charge on any atom is 0.416 e. The molecule has 2 rings (SSSR count). The van der Waals surface area contributed by atoms with Crippen molar-refractivity contribution in [1.29, 1.82) is 0 Å². The van der Waals surface area contributed by atoms with Crippen molar-refractivity contribution in [2.75, 3.05) is 13.1 Å². The first kappa shape index (κ1) is 25.3. The first-order valence-electron chi connectivity index (χ1n) is 8.65. The Morgan fingerprint density at radius 2 is 1.85 bits per heavy atom. The zero-order valence-corrected chi connectivity index (χ0v) is 17.4. The molecule has 0 fully saturated rings. The summed E-state index contributed by atoms with van der Waals surface area (Å²) in [5.41, 5.74) is 11.1. The lowest BCUT2D eigenvalue weighted by Gasteiger charge is -2.32. The maximum absolute atomic E-state index is 13.2. The average Bonchev–Trinajstić information content (AvgIpc) is 2.60. The Labute approximate surface area is 169 Å². The van der Waals surface area contributed by atoms with Gasteiger partial charge >= 0.3 is 6.18 Å². The van der Waals surface area contributed by atoms with Crippen LogP contribution in [0.4, 0.5) is 13.2 Å². The van der Waals surface area contributed by atoms with E-state index in [1.54, 1.807) is 4.90 Å². The molecule has 1 aromatic rings. The minimum absolute atomic E-state index is 0.0150. The van der Waals surface area contributed by atoms with Crippen LogP contribution in [0, 0.1) is 0 Å². The molecule has 0 unspecified atom stereocenters. The summed E-state index contributed by atoms with van der Waals surface area (Å²) in [6, 6.07) is 3.49. The van der Waals surface area contributed by atoms with E-state index in [1.807, 2.05) is 27.7 Å². The molecule has 0 radical (unpaired) electrons. The average molecular weight is 427 g/mol. The largest absolute Gasteiger partial charge is 0.416 e. The maximum atomic E-state index is 13.2. The number of nitrogens with one attached hydrogen (secondary N) is 1. The van der Waals surface area contributed by atoms with Gasteiger partial charge < -0.3 is 21.7 Å². The van der Waals surface area contributed by atoms with Crippen molar-refractivity contribution in [3.63, 3.8) is 0 Å². The highest BCUT2D eigenvalue weighted by Crippen LogP contribution is 2.34. The Morgan fingerprint density at radius 3 is 2.37 bits per heavy atom. The number of hydrogen-bond acceptors (Lipinski definition) is 4. The smallest absolute Gasteiger partial charge is 0.389 e. The molecule has 4 nitrogen and oxygen atoms in total. The Hall–Kier alpha value is -1.73. The molecular formula is C18H27Cl2F3N4. The van der Waals surface area contributed by atoms with E-state index < -0.39 is 11.7 Å². The molecule has 0 aromatic heterocycles. The van der Waals surface area contributed by atoms with Crippen LogP contribution < -0.4 is 16.8 Å². The molecule has 0 atom stereocenters. The number of benzene rings is 1. The minimum Gasteiger partial charge on any atom is -0.389 e. The summed E-state index contributed by atoms with van der Waals surface area (Å²) < 4.78 is 39.5. The summed E-state index contributed by atoms with van der Waals surface area (Å²) in [7, 11) is 0. The van der Waals surface area contributed by atoms with E-state index in [1.165, 1.54) is 18.2 Å². The van der Waals surface area contributed by atoms with E-state index in [4.69, 9.17) is 34.7 Å². The molecule has 0 spiro atoms. The Balaban J connectivity index is 0.00000158. The highest BCUT2D eigenvalue weighted by molar-refractivity contribution is 6.30. The van der Waals surface area contributed by atoms with Crippen LogP contribution in [-0.4, -0.2) is 18.0 Å². The van der Waals surface area contributed by atoms with Crippen molar-refractivity contribution in [3.05, 3.63) is 57.1 Å². The fraction of sp³-hybridized carbons (Fsp3) is 0.444. The zero-order valence-electron chi connectivity index (χ0n) is 15.9. The van der Waals surface area contributed by atoms with Crippen LogP contribution >= 0.6 is 23.2 Å². The van der Waals surface area contributed by atoms with Crippen LogP contribution in [0.2, 0.25) is 5.02 Å². The predicted octanol–water partition coefficient (Wildman–Crippen LogP) is 4.98. The van der Waals surface area contributed by atoms with E-state index in [0.717, 1.165) is 6.07 Å². The van der Waals surface area contributed by atoms with Gasteiger partial charge in [-0.25, -0.2) is 0 Å². The first-order valence-corrected chi connectivity index (χ1v) is 9.41. The molecular weight excluding hydrogens is 400 g/mol. The van der Waals surface area contributed by atoms with Gasteiger partial charge in [0.1, 0.15) is 11.0 Å². The summed E-state index contributed by atoms with van der Waals surface area (Å²) in [5, 5.41) is 3.13. The van der Waals surface area contributed by atoms with Crippen molar-refractivity contribution in [1.82, 2.24) is 10.2 Å². The number of halogens is 5. The Bertz CT molecular complexity index is 654. The van der Waals surface area contributed by atoms with Crippen molar-refractivity contribution in [2.45, 2.75) is 40.4 Å². The van der Waals surface area contributed by atoms with Crippen LogP contribution in [0.15, 0.2) is 40.9 Å². The fourth-order valence-electron chi connectivity index (χ4n) is 2.35. The molecule has 1 heterocycles. The first-order chi connectivity index (χ1) is 12.7. The van der Waals surface area contributed by atoms with Crippen LogP contribution in [0.1, 0.15) is 38.8 Å². The van der Waals surface area contributed by atoms with Gasteiger partial charge in [-0.3, -0.25) is 0 Å². The van der Waals surface area contributed by atoms with Crippen LogP contribution in [0.5, 0.6) is 0 Å². The van der Waals surface area contributed by atoms with Gasteiger partial charge in [0.05, 0.1) is 11.3 Å². The molecule has 1 aliphatic rings. The quantitative estimate of drug-likeness (QED) is 0.595. The Morgan fingerprint density at radius 1 is 1.26 bits per heavy atom. The van der Waals surface area contributed by atoms with Crippen molar-refractivity contribution < 1.29 is 13.2 Å². The molecule has 154 valence electrons. The molecule has 0 aliphatic carbocycles. The standard InChI is InChI=1S/C14H15Cl2F3N4.2C2H6/c15-9-1-2-10(14(17,18)19)8(5-9)7-23-4-3-22-13(21)11(23)6-12(16)20;2*1-2/h1-2,5-6,22H,3-4,7,20-21H2;2*1-2H3/b12-6-;;. The van der Waals surface area contributed by atoms with Gasteiger partial charge in [-0.05, 0) is 29.8 Å². The van der Waals surface area contributed by atoms with Crippen molar-refractivity contribution in [2.24, 2.45) is 11.5 Å². The van der Waals surface area contributed by atoms with E-state index >= 15 is 0 Å². The zero-order chi connectivity index (χ0) is 21.2. The topological polar surface area (TPSA) is 67.3 Å². The number of rotatable bonds is 3. The minimum atomic E-state index is -4.47. The van der Waals surface area contributed by atoms with Crippen molar-refractivity contribution in [3.8, 4) is 0 Å². The number of alkyl halides is 3. The summed E-state index contributed by atoms with van der Waals surface area (Å²) in [5.74, 6) is 0.301. The summed E-state index contributed by atoms with van der Waals surface area (Å²) in [6.45, 7) is 8.92. The van der Waals surface area contributed by atoms with Gasteiger partial charge in [0.25, 0.3) is 0 Å². The monoisotopic (exact) mass is 426 g/mol. The third-order valence-electron chi connectivity index (χ3n) is 3.32. The Kier molecular flexibility index (Phi) is 11.1. The van der Waals surface area contributed by atoms with Gasteiger partial charge in [0, 0.05) is 24.7 Å². The molecule has 0 saturated heterocycles. The second-order valence-electron chi connectivity index (χ2n) is 4.98. The van der Waals surface area contributed by atoms with Crippen LogP contribution in [0.3, 0.4) is 0 Å². The normalized spacial score (nSPS) is 14.6. The summed E-state index contributed by atoms with van der Waals surface area (Å²) >= 11 is 11.5. The SMILES string of the molecule is CC.CC.NC1=C(/C=C(\N)Cl)N(Cc2cc(Cl)ccc2C(F)(F)F)CCN1. The van der Waals surface area contributed by atoms with E-state index in [0.29, 0.717) is 24.6 Å². The molecule has 27 heavy (non-hydrogen) atoms. The van der Waals surface area contributed by atoms with Crippen molar-refractivity contribution >= 4 is 23.2 Å². The highest BCUT2D eigenvalue weighted by atomic mass is 35.5. The summed E-state index contributed by atoms with van der Waals surface area (Å²) in [6.07, 6.45) is -3.06. The number of allylic oxidation sites excluding steroid dienone is 1. The van der Waals surface area contributed by atoms with Crippen LogP contribution in [0.25, 0.3) is 0 Å². The molecule has 1 aromatic carbocycles. The molecule has 0 saturated carbocycles. The highest BCUT2D eigenvalue weighted by Gasteiger charge is 2.34. The number of nitrogens with zero attached hydrogens (tertiary/aromatic N) is 1. The summed E-state index contributed by atoms with van der Waals surface area (Å²) in [4.78, 5) is 1.67. The van der Waals surface area contributed by atoms with E-state index in [9.17, 15) is 13.2 Å². The lowest BCUT2D eigenvalue weighted by atomic mass is 10.1. The fourth-order valence-corrected chi connectivity index (χ4v) is 2.64. The predicted molar refractivity (Wildman–Crippen MR) is 107 cm³/mol. The van der Waals surface area contributed by atoms with Gasteiger partial charge in [-0.15, -0.1) is 0 Å². The number of hydrogen-bond donors (Lipinski definition) is 3. The molecule has 9 heteroatoms. The van der Waals surface area contributed by atoms with Gasteiger partial charge in [-0.1, -0.05) is 50.9 Å². The van der Waals surface area contributed by atoms with Gasteiger partial charge in [-0.2, -0.15) is 13.2 Å². The molecule has 1 aliphatic heterocycles. The molecule has 0 amide bonds. The second kappa shape index (κ2) is 11.9. The van der Waals surface area contributed by atoms with Gasteiger partial charge in [0.15, 0.2) is 0 Å². The van der Waals surface area contributed by atoms with E-state index in [2.05, 4.69) is 5.32 Å². The third kappa shape index (κ3) is 7.81.